The van der Waals surface area contributed by atoms with E-state index >= 15 is 0 Å². The highest BCUT2D eigenvalue weighted by atomic mass is 19.1. The molecular weight excluding hydrogens is 337 g/mol. The van der Waals surface area contributed by atoms with Crippen LogP contribution < -0.4 is 5.32 Å². The fourth-order valence-corrected chi connectivity index (χ4v) is 2.22. The molecule has 0 atom stereocenters. The molecule has 0 bridgehead atoms. The summed E-state index contributed by atoms with van der Waals surface area (Å²) >= 11 is 0. The Kier molecular flexibility index (Phi) is 9.10. The van der Waals surface area contributed by atoms with Gasteiger partial charge in [-0.1, -0.05) is 17.9 Å². The smallest absolute Gasteiger partial charge is 0.338 e. The van der Waals surface area contributed by atoms with Crippen LogP contribution in [-0.2, 0) is 19.1 Å². The molecule has 0 radical (unpaired) electrons. The van der Waals surface area contributed by atoms with E-state index in [0.717, 1.165) is 0 Å². The molecule has 0 aromatic heterocycles. The van der Waals surface area contributed by atoms with Gasteiger partial charge in [-0.2, -0.15) is 0 Å². The Morgan fingerprint density at radius 1 is 1.19 bits per heavy atom. The number of carbonyl (C=O) groups excluding carboxylic acids is 2. The quantitative estimate of drug-likeness (QED) is 0.317. The molecule has 0 spiro atoms. The number of benzene rings is 1. The monoisotopic (exact) mass is 361 g/mol. The van der Waals surface area contributed by atoms with Crippen molar-refractivity contribution in [1.29, 1.82) is 0 Å². The van der Waals surface area contributed by atoms with E-state index in [-0.39, 0.29) is 38.4 Å². The molecule has 0 amide bonds. The van der Waals surface area contributed by atoms with Gasteiger partial charge in [-0.3, -0.25) is 5.32 Å². The van der Waals surface area contributed by atoms with Crippen molar-refractivity contribution in [2.75, 3.05) is 19.8 Å². The highest BCUT2D eigenvalue weighted by molar-refractivity contribution is 6.05. The zero-order valence-corrected chi connectivity index (χ0v) is 15.1. The zero-order chi connectivity index (χ0) is 19.4. The SMILES string of the molecule is C=CCNC(CCC#Cc1ccc(F)cc1)(C(=O)OCC)C(=O)OCC. The predicted molar refractivity (Wildman–Crippen MR) is 96.7 cm³/mol. The van der Waals surface area contributed by atoms with Crippen LogP contribution in [0.3, 0.4) is 0 Å². The van der Waals surface area contributed by atoms with Crippen molar-refractivity contribution in [1.82, 2.24) is 5.32 Å². The first kappa shape index (κ1) is 21.4. The van der Waals surface area contributed by atoms with Crippen molar-refractivity contribution in [2.24, 2.45) is 0 Å². The number of carbonyl (C=O) groups is 2. The summed E-state index contributed by atoms with van der Waals surface area (Å²) in [4.78, 5) is 25.0. The maximum atomic E-state index is 12.9. The minimum Gasteiger partial charge on any atom is -0.464 e. The molecule has 26 heavy (non-hydrogen) atoms. The molecular formula is C20H24FNO4. The van der Waals surface area contributed by atoms with Gasteiger partial charge in [-0.25, -0.2) is 14.0 Å². The lowest BCUT2D eigenvalue weighted by Gasteiger charge is -2.29. The molecule has 1 N–H and O–H groups in total. The first-order valence-corrected chi connectivity index (χ1v) is 8.45. The van der Waals surface area contributed by atoms with Gasteiger partial charge in [0.25, 0.3) is 0 Å². The van der Waals surface area contributed by atoms with Crippen molar-refractivity contribution < 1.29 is 23.5 Å². The topological polar surface area (TPSA) is 64.6 Å². The average Bonchev–Trinajstić information content (AvgIpc) is 2.63. The van der Waals surface area contributed by atoms with Gasteiger partial charge < -0.3 is 9.47 Å². The van der Waals surface area contributed by atoms with Crippen LogP contribution >= 0.6 is 0 Å². The molecule has 1 aromatic rings. The Balaban J connectivity index is 2.98. The Labute approximate surface area is 153 Å². The standard InChI is InChI=1S/C20H24FNO4/c1-4-15-22-20(18(23)25-5-2,19(24)26-6-3)14-8-7-9-16-10-12-17(21)13-11-16/h4,10-13,22H,1,5-6,8,14-15H2,2-3H3. The number of esters is 2. The van der Waals surface area contributed by atoms with Crippen LogP contribution in [0.15, 0.2) is 36.9 Å². The third-order valence-electron chi connectivity index (χ3n) is 3.50. The first-order chi connectivity index (χ1) is 12.5. The molecule has 0 unspecified atom stereocenters. The van der Waals surface area contributed by atoms with E-state index in [2.05, 4.69) is 23.7 Å². The van der Waals surface area contributed by atoms with Gasteiger partial charge in [0, 0.05) is 18.5 Å². The van der Waals surface area contributed by atoms with E-state index in [1.807, 2.05) is 0 Å². The Bertz CT molecular complexity index is 655. The van der Waals surface area contributed by atoms with Gasteiger partial charge in [0.1, 0.15) is 5.82 Å². The number of rotatable bonds is 9. The highest BCUT2D eigenvalue weighted by Crippen LogP contribution is 2.18. The van der Waals surface area contributed by atoms with Crippen molar-refractivity contribution in [3.05, 3.63) is 48.3 Å². The molecule has 0 aliphatic heterocycles. The summed E-state index contributed by atoms with van der Waals surface area (Å²) in [6.07, 6.45) is 1.85. The molecule has 0 saturated carbocycles. The fraction of sp³-hybridized carbons (Fsp3) is 0.400. The van der Waals surface area contributed by atoms with E-state index in [0.29, 0.717) is 5.56 Å². The number of ether oxygens (including phenoxy) is 2. The number of halogens is 1. The first-order valence-electron chi connectivity index (χ1n) is 8.45. The molecule has 0 fully saturated rings. The molecule has 5 nitrogen and oxygen atoms in total. The second-order valence-corrected chi connectivity index (χ2v) is 5.32. The molecule has 1 aromatic carbocycles. The fourth-order valence-electron chi connectivity index (χ4n) is 2.22. The summed E-state index contributed by atoms with van der Waals surface area (Å²) in [5, 5.41) is 2.87. The lowest BCUT2D eigenvalue weighted by atomic mass is 9.93. The van der Waals surface area contributed by atoms with Gasteiger partial charge in [0.2, 0.25) is 5.54 Å². The molecule has 0 saturated heterocycles. The van der Waals surface area contributed by atoms with Crippen LogP contribution in [-0.4, -0.2) is 37.2 Å². The van der Waals surface area contributed by atoms with Crippen LogP contribution in [0, 0.1) is 17.7 Å². The molecule has 6 heteroatoms. The Morgan fingerprint density at radius 2 is 1.77 bits per heavy atom. The number of nitrogens with one attached hydrogen (secondary N) is 1. The van der Waals surface area contributed by atoms with E-state index in [4.69, 9.17) is 9.47 Å². The molecule has 0 aliphatic carbocycles. The summed E-state index contributed by atoms with van der Waals surface area (Å²) in [7, 11) is 0. The van der Waals surface area contributed by atoms with Gasteiger partial charge in [-0.05, 0) is 44.5 Å². The summed E-state index contributed by atoms with van der Waals surface area (Å²) < 4.78 is 23.1. The lowest BCUT2D eigenvalue weighted by Crippen LogP contribution is -2.59. The maximum absolute atomic E-state index is 12.9. The molecule has 0 heterocycles. The number of hydrogen-bond acceptors (Lipinski definition) is 5. The second-order valence-electron chi connectivity index (χ2n) is 5.32. The van der Waals surface area contributed by atoms with Gasteiger partial charge in [0.05, 0.1) is 13.2 Å². The van der Waals surface area contributed by atoms with Crippen molar-refractivity contribution in [3.8, 4) is 11.8 Å². The molecule has 0 aliphatic rings. The molecule has 1 rings (SSSR count). The highest BCUT2D eigenvalue weighted by Gasteiger charge is 2.47. The van der Waals surface area contributed by atoms with E-state index in [9.17, 15) is 14.0 Å². The Morgan fingerprint density at radius 3 is 2.27 bits per heavy atom. The lowest BCUT2D eigenvalue weighted by molar-refractivity contribution is -0.166. The van der Waals surface area contributed by atoms with Crippen molar-refractivity contribution >= 4 is 11.9 Å². The predicted octanol–water partition coefficient (Wildman–Crippen LogP) is 2.60. The van der Waals surface area contributed by atoms with E-state index in [1.54, 1.807) is 26.0 Å². The van der Waals surface area contributed by atoms with Crippen LogP contribution in [0.5, 0.6) is 0 Å². The minimum atomic E-state index is -1.64. The summed E-state index contributed by atoms with van der Waals surface area (Å²) in [6, 6.07) is 5.75. The Hall–Kier alpha value is -2.65. The second kappa shape index (κ2) is 11.1. The van der Waals surface area contributed by atoms with E-state index in [1.165, 1.54) is 18.2 Å². The van der Waals surface area contributed by atoms with Crippen LogP contribution in [0.25, 0.3) is 0 Å². The normalized spacial score (nSPS) is 10.4. The minimum absolute atomic E-state index is 0.0761. The van der Waals surface area contributed by atoms with Crippen LogP contribution in [0.1, 0.15) is 32.3 Å². The molecule has 140 valence electrons. The van der Waals surface area contributed by atoms with Gasteiger partial charge >= 0.3 is 11.9 Å². The van der Waals surface area contributed by atoms with Crippen LogP contribution in [0.2, 0.25) is 0 Å². The third-order valence-corrected chi connectivity index (χ3v) is 3.50. The van der Waals surface area contributed by atoms with Gasteiger partial charge in [0.15, 0.2) is 0 Å². The number of hydrogen-bond donors (Lipinski definition) is 1. The third kappa shape index (κ3) is 6.01. The maximum Gasteiger partial charge on any atom is 0.338 e. The summed E-state index contributed by atoms with van der Waals surface area (Å²) in [5.41, 5.74) is -0.999. The van der Waals surface area contributed by atoms with Crippen molar-refractivity contribution in [3.63, 3.8) is 0 Å². The van der Waals surface area contributed by atoms with Gasteiger partial charge in [-0.15, -0.1) is 6.58 Å². The summed E-state index contributed by atoms with van der Waals surface area (Å²) in [6.45, 7) is 7.41. The zero-order valence-electron chi connectivity index (χ0n) is 15.1. The van der Waals surface area contributed by atoms with Crippen molar-refractivity contribution in [2.45, 2.75) is 32.2 Å². The largest absolute Gasteiger partial charge is 0.464 e. The summed E-state index contributed by atoms with van der Waals surface area (Å²) in [5.74, 6) is 4.02. The van der Waals surface area contributed by atoms with E-state index < -0.39 is 17.5 Å². The average molecular weight is 361 g/mol. The van der Waals surface area contributed by atoms with Crippen LogP contribution in [0.4, 0.5) is 4.39 Å².